The maximum Gasteiger partial charge on any atom is 0.320 e. The largest absolute Gasteiger partial charge is 0.480 e. The van der Waals surface area contributed by atoms with Gasteiger partial charge in [0, 0.05) is 25.9 Å². The van der Waals surface area contributed by atoms with Gasteiger partial charge in [0.15, 0.2) is 0 Å². The molecule has 0 aliphatic carbocycles. The van der Waals surface area contributed by atoms with Crippen LogP contribution in [0.4, 0.5) is 0 Å². The zero-order valence-electron chi connectivity index (χ0n) is 9.93. The average molecular weight is 255 g/mol. The van der Waals surface area contributed by atoms with Gasteiger partial charge in [0.25, 0.3) is 0 Å². The molecule has 0 unspecified atom stereocenters. The maximum absolute atomic E-state index is 11.2. The predicted octanol–water partition coefficient (Wildman–Crippen LogP) is 1.32. The third-order valence-corrected chi connectivity index (χ3v) is 2.99. The number of rotatable bonds is 9. The van der Waals surface area contributed by atoms with Crippen LogP contribution >= 0.6 is 11.8 Å². The fourth-order valence-corrected chi connectivity index (χ4v) is 1.96. The van der Waals surface area contributed by atoms with E-state index in [1.165, 1.54) is 0 Å². The minimum atomic E-state index is -0.880. The Kier molecular flexibility index (Phi) is 9.22. The number of nitrogens with zero attached hydrogens (tertiary/aromatic N) is 3. The summed E-state index contributed by atoms with van der Waals surface area (Å²) in [6.45, 7) is 0.813. The first-order valence-electron chi connectivity index (χ1n) is 5.37. The van der Waals surface area contributed by atoms with Gasteiger partial charge in [-0.2, -0.15) is 22.3 Å². The lowest BCUT2D eigenvalue weighted by Gasteiger charge is -2.27. The van der Waals surface area contributed by atoms with Crippen molar-refractivity contribution in [2.75, 3.05) is 25.1 Å². The fraction of sp³-hybridized carbons (Fsp3) is 0.727. The van der Waals surface area contributed by atoms with Gasteiger partial charge in [0.1, 0.15) is 6.04 Å². The smallest absolute Gasteiger partial charge is 0.320 e. The van der Waals surface area contributed by atoms with Crippen molar-refractivity contribution in [3.63, 3.8) is 0 Å². The van der Waals surface area contributed by atoms with E-state index in [0.29, 0.717) is 19.5 Å². The summed E-state index contributed by atoms with van der Waals surface area (Å²) >= 11 is 1.59. The molecular weight excluding hydrogens is 238 g/mol. The summed E-state index contributed by atoms with van der Waals surface area (Å²) in [5.41, 5.74) is 0. The van der Waals surface area contributed by atoms with Crippen molar-refractivity contribution in [2.24, 2.45) is 0 Å². The van der Waals surface area contributed by atoms with Crippen molar-refractivity contribution in [1.82, 2.24) is 4.90 Å². The maximum atomic E-state index is 11.2. The highest BCUT2D eigenvalue weighted by Crippen LogP contribution is 2.10. The molecule has 0 amide bonds. The van der Waals surface area contributed by atoms with E-state index in [1.54, 1.807) is 16.7 Å². The zero-order chi connectivity index (χ0) is 13.1. The second kappa shape index (κ2) is 9.95. The summed E-state index contributed by atoms with van der Waals surface area (Å²) in [5, 5.41) is 26.2. The van der Waals surface area contributed by atoms with Crippen LogP contribution in [0.25, 0.3) is 0 Å². The van der Waals surface area contributed by atoms with Crippen LogP contribution in [0.1, 0.15) is 19.3 Å². The number of carboxylic acid groups (broad SMARTS) is 1. The average Bonchev–Trinajstić information content (AvgIpc) is 2.31. The minimum absolute atomic E-state index is 0.286. The number of hydrogen-bond donors (Lipinski definition) is 1. The van der Waals surface area contributed by atoms with Gasteiger partial charge in [-0.15, -0.1) is 0 Å². The van der Waals surface area contributed by atoms with E-state index in [4.69, 9.17) is 15.6 Å². The van der Waals surface area contributed by atoms with E-state index in [9.17, 15) is 4.79 Å². The Hall–Kier alpha value is -1.24. The van der Waals surface area contributed by atoms with Crippen LogP contribution in [0.2, 0.25) is 0 Å². The fourth-order valence-electron chi connectivity index (χ4n) is 1.50. The van der Waals surface area contributed by atoms with Gasteiger partial charge in [0.05, 0.1) is 12.1 Å². The molecule has 0 fully saturated rings. The first-order valence-corrected chi connectivity index (χ1v) is 6.76. The van der Waals surface area contributed by atoms with Crippen LogP contribution in [0.3, 0.4) is 0 Å². The summed E-state index contributed by atoms with van der Waals surface area (Å²) in [5.74, 6) is -0.123. The van der Waals surface area contributed by atoms with Crippen LogP contribution in [-0.2, 0) is 4.79 Å². The second-order valence-electron chi connectivity index (χ2n) is 3.49. The number of hydrogen-bond acceptors (Lipinski definition) is 5. The van der Waals surface area contributed by atoms with Crippen LogP contribution in [-0.4, -0.2) is 47.1 Å². The number of thioether (sulfide) groups is 1. The SMILES string of the molecule is CSCC[C@H](C(=O)O)N(CCC#N)CCC#N. The van der Waals surface area contributed by atoms with Gasteiger partial charge in [0.2, 0.25) is 0 Å². The Balaban J connectivity index is 4.50. The quantitative estimate of drug-likeness (QED) is 0.668. The molecule has 0 radical (unpaired) electrons. The molecule has 0 rings (SSSR count). The van der Waals surface area contributed by atoms with E-state index < -0.39 is 12.0 Å². The van der Waals surface area contributed by atoms with Gasteiger partial charge in [-0.3, -0.25) is 9.69 Å². The summed E-state index contributed by atoms with van der Waals surface area (Å²) in [4.78, 5) is 12.9. The van der Waals surface area contributed by atoms with Crippen molar-refractivity contribution in [3.8, 4) is 12.1 Å². The van der Waals surface area contributed by atoms with Crippen LogP contribution in [0, 0.1) is 22.7 Å². The monoisotopic (exact) mass is 255 g/mol. The molecule has 0 heterocycles. The molecule has 0 saturated heterocycles. The van der Waals surface area contributed by atoms with E-state index in [1.807, 2.05) is 18.4 Å². The van der Waals surface area contributed by atoms with E-state index in [0.717, 1.165) is 5.75 Å². The van der Waals surface area contributed by atoms with E-state index >= 15 is 0 Å². The highest BCUT2D eigenvalue weighted by molar-refractivity contribution is 7.98. The summed E-state index contributed by atoms with van der Waals surface area (Å²) in [7, 11) is 0. The Morgan fingerprint density at radius 2 is 1.88 bits per heavy atom. The van der Waals surface area contributed by atoms with Gasteiger partial charge in [-0.05, 0) is 18.4 Å². The highest BCUT2D eigenvalue weighted by atomic mass is 32.2. The number of carbonyl (C=O) groups is 1. The lowest BCUT2D eigenvalue weighted by Crippen LogP contribution is -2.42. The Bertz CT molecular complexity index is 291. The second-order valence-corrected chi connectivity index (χ2v) is 4.47. The molecule has 1 N–H and O–H groups in total. The van der Waals surface area contributed by atoms with Gasteiger partial charge in [-0.25, -0.2) is 0 Å². The molecular formula is C11H17N3O2S. The molecule has 5 nitrogen and oxygen atoms in total. The van der Waals surface area contributed by atoms with Crippen molar-refractivity contribution in [2.45, 2.75) is 25.3 Å². The van der Waals surface area contributed by atoms with Crippen molar-refractivity contribution >= 4 is 17.7 Å². The first kappa shape index (κ1) is 15.8. The van der Waals surface area contributed by atoms with Crippen LogP contribution in [0.15, 0.2) is 0 Å². The Morgan fingerprint density at radius 3 is 2.24 bits per heavy atom. The van der Waals surface area contributed by atoms with E-state index in [-0.39, 0.29) is 12.8 Å². The van der Waals surface area contributed by atoms with Crippen molar-refractivity contribution in [1.29, 1.82) is 10.5 Å². The highest BCUT2D eigenvalue weighted by Gasteiger charge is 2.24. The lowest BCUT2D eigenvalue weighted by atomic mass is 10.1. The van der Waals surface area contributed by atoms with E-state index in [2.05, 4.69) is 0 Å². The normalized spacial score (nSPS) is 11.8. The third-order valence-electron chi connectivity index (χ3n) is 2.34. The van der Waals surface area contributed by atoms with Gasteiger partial charge in [-0.1, -0.05) is 0 Å². The Labute approximate surface area is 106 Å². The topological polar surface area (TPSA) is 88.1 Å². The molecule has 0 spiro atoms. The predicted molar refractivity (Wildman–Crippen MR) is 66.5 cm³/mol. The number of aliphatic carboxylic acids is 1. The minimum Gasteiger partial charge on any atom is -0.480 e. The molecule has 0 aromatic heterocycles. The molecule has 94 valence electrons. The summed E-state index contributed by atoms with van der Waals surface area (Å²) in [6, 6.07) is 3.41. The molecule has 0 aromatic rings. The van der Waals surface area contributed by atoms with Gasteiger partial charge >= 0.3 is 5.97 Å². The van der Waals surface area contributed by atoms with Crippen LogP contribution < -0.4 is 0 Å². The number of carboxylic acids is 1. The van der Waals surface area contributed by atoms with Crippen molar-refractivity contribution in [3.05, 3.63) is 0 Å². The summed E-state index contributed by atoms with van der Waals surface area (Å²) < 4.78 is 0. The standard InChI is InChI=1S/C11H17N3O2S/c1-17-9-4-10(11(15)16)14(7-2-5-12)8-3-6-13/h10H,2-4,7-9H2,1H3,(H,15,16)/t10-/m1/s1. The Morgan fingerprint density at radius 1 is 1.35 bits per heavy atom. The molecule has 0 aliphatic heterocycles. The van der Waals surface area contributed by atoms with Crippen LogP contribution in [0.5, 0.6) is 0 Å². The molecule has 0 aromatic carbocycles. The first-order chi connectivity index (χ1) is 8.17. The molecule has 0 bridgehead atoms. The van der Waals surface area contributed by atoms with Crippen molar-refractivity contribution < 1.29 is 9.90 Å². The molecule has 1 atom stereocenters. The summed E-state index contributed by atoms with van der Waals surface area (Å²) in [6.07, 6.45) is 3.03. The zero-order valence-corrected chi connectivity index (χ0v) is 10.7. The molecule has 17 heavy (non-hydrogen) atoms. The third kappa shape index (κ3) is 6.83. The molecule has 0 saturated carbocycles. The number of nitriles is 2. The molecule has 6 heteroatoms. The molecule has 0 aliphatic rings. The lowest BCUT2D eigenvalue weighted by molar-refractivity contribution is -0.143. The van der Waals surface area contributed by atoms with Gasteiger partial charge < -0.3 is 5.11 Å².